The Morgan fingerprint density at radius 1 is 1.30 bits per heavy atom. The molecule has 2 N–H and O–H groups in total. The van der Waals surface area contributed by atoms with Gasteiger partial charge >= 0.3 is 5.97 Å². The molecule has 0 spiro atoms. The van der Waals surface area contributed by atoms with Crippen LogP contribution in [0.2, 0.25) is 0 Å². The van der Waals surface area contributed by atoms with Gasteiger partial charge in [0.25, 0.3) is 0 Å². The third-order valence-electron chi connectivity index (χ3n) is 3.41. The van der Waals surface area contributed by atoms with Crippen molar-refractivity contribution >= 4 is 5.97 Å². The first-order valence-corrected chi connectivity index (χ1v) is 6.82. The fourth-order valence-corrected chi connectivity index (χ4v) is 2.54. The van der Waals surface area contributed by atoms with Crippen molar-refractivity contribution in [1.29, 1.82) is 0 Å². The lowest BCUT2D eigenvalue weighted by atomic mass is 10.1. The number of rotatable bonds is 5. The zero-order valence-corrected chi connectivity index (χ0v) is 12.0. The van der Waals surface area contributed by atoms with Crippen LogP contribution < -0.4 is 0 Å². The van der Waals surface area contributed by atoms with E-state index >= 15 is 0 Å². The molecule has 0 aromatic carbocycles. The van der Waals surface area contributed by atoms with E-state index in [1.165, 1.54) is 6.26 Å². The molecule has 0 amide bonds. The van der Waals surface area contributed by atoms with E-state index in [1.807, 2.05) is 13.8 Å². The van der Waals surface area contributed by atoms with Gasteiger partial charge in [0.2, 0.25) is 5.76 Å². The van der Waals surface area contributed by atoms with E-state index < -0.39 is 11.6 Å². The first kappa shape index (κ1) is 15.0. The van der Waals surface area contributed by atoms with Crippen LogP contribution in [0.25, 0.3) is 0 Å². The van der Waals surface area contributed by atoms with Crippen molar-refractivity contribution in [3.63, 3.8) is 0 Å². The molecule has 1 fully saturated rings. The van der Waals surface area contributed by atoms with Gasteiger partial charge in [0.1, 0.15) is 0 Å². The van der Waals surface area contributed by atoms with Gasteiger partial charge in [-0.3, -0.25) is 9.80 Å². The highest BCUT2D eigenvalue weighted by molar-refractivity contribution is 5.86. The summed E-state index contributed by atoms with van der Waals surface area (Å²) in [4.78, 5) is 15.4. The average molecular weight is 282 g/mol. The monoisotopic (exact) mass is 282 g/mol. The minimum Gasteiger partial charge on any atom is -0.475 e. The van der Waals surface area contributed by atoms with Crippen molar-refractivity contribution in [3.05, 3.63) is 23.7 Å². The number of hydrogen-bond acceptors (Lipinski definition) is 5. The van der Waals surface area contributed by atoms with E-state index in [4.69, 9.17) is 9.52 Å². The fraction of sp³-hybridized carbons (Fsp3) is 0.643. The van der Waals surface area contributed by atoms with E-state index in [2.05, 4.69) is 9.80 Å². The summed E-state index contributed by atoms with van der Waals surface area (Å²) in [5, 5.41) is 18.8. The number of aromatic carboxylic acids is 1. The number of carbonyl (C=O) groups is 1. The predicted molar refractivity (Wildman–Crippen MR) is 73.7 cm³/mol. The third-order valence-corrected chi connectivity index (χ3v) is 3.41. The highest BCUT2D eigenvalue weighted by atomic mass is 16.4. The molecular formula is C14H22N2O4. The summed E-state index contributed by atoms with van der Waals surface area (Å²) in [6, 6.07) is 1.71. The smallest absolute Gasteiger partial charge is 0.372 e. The van der Waals surface area contributed by atoms with Crippen LogP contribution in [-0.4, -0.2) is 64.3 Å². The molecule has 0 atom stereocenters. The molecule has 112 valence electrons. The summed E-state index contributed by atoms with van der Waals surface area (Å²) in [7, 11) is 0. The molecule has 6 nitrogen and oxygen atoms in total. The molecule has 2 rings (SSSR count). The Morgan fingerprint density at radius 3 is 2.45 bits per heavy atom. The van der Waals surface area contributed by atoms with E-state index in [1.54, 1.807) is 6.07 Å². The normalized spacial score (nSPS) is 18.4. The molecular weight excluding hydrogens is 260 g/mol. The molecule has 20 heavy (non-hydrogen) atoms. The SMILES string of the molecule is CC(C)(O)CN1CCN(Cc2ccoc2C(=O)O)CC1. The summed E-state index contributed by atoms with van der Waals surface area (Å²) in [5.74, 6) is -0.991. The Kier molecular flexibility index (Phi) is 4.47. The molecule has 1 aromatic heterocycles. The molecule has 0 bridgehead atoms. The topological polar surface area (TPSA) is 77.2 Å². The van der Waals surface area contributed by atoms with E-state index in [-0.39, 0.29) is 5.76 Å². The molecule has 6 heteroatoms. The molecule has 1 aliphatic heterocycles. The van der Waals surface area contributed by atoms with Crippen molar-refractivity contribution in [3.8, 4) is 0 Å². The predicted octanol–water partition coefficient (Wildman–Crippen LogP) is 0.866. The highest BCUT2D eigenvalue weighted by Crippen LogP contribution is 2.15. The minimum absolute atomic E-state index is 0.0314. The number of hydrogen-bond donors (Lipinski definition) is 2. The molecule has 1 aliphatic rings. The Morgan fingerprint density at radius 2 is 1.90 bits per heavy atom. The van der Waals surface area contributed by atoms with Gasteiger partial charge in [0.15, 0.2) is 0 Å². The quantitative estimate of drug-likeness (QED) is 0.834. The van der Waals surface area contributed by atoms with Crippen LogP contribution in [0.15, 0.2) is 16.7 Å². The maximum Gasteiger partial charge on any atom is 0.372 e. The zero-order chi connectivity index (χ0) is 14.8. The van der Waals surface area contributed by atoms with Gasteiger partial charge in [-0.05, 0) is 19.9 Å². The number of furan rings is 1. The zero-order valence-electron chi connectivity index (χ0n) is 12.0. The summed E-state index contributed by atoms with van der Waals surface area (Å²) >= 11 is 0. The van der Waals surface area contributed by atoms with Gasteiger partial charge < -0.3 is 14.6 Å². The van der Waals surface area contributed by atoms with Crippen molar-refractivity contribution in [2.24, 2.45) is 0 Å². The van der Waals surface area contributed by atoms with Crippen LogP contribution in [0.3, 0.4) is 0 Å². The molecule has 1 saturated heterocycles. The molecule has 2 heterocycles. The Hall–Kier alpha value is -1.37. The second-order valence-electron chi connectivity index (χ2n) is 5.94. The number of piperazine rings is 1. The van der Waals surface area contributed by atoms with Gasteiger partial charge in [-0.25, -0.2) is 4.79 Å². The van der Waals surface area contributed by atoms with Crippen LogP contribution >= 0.6 is 0 Å². The Balaban J connectivity index is 1.85. The van der Waals surface area contributed by atoms with Gasteiger partial charge in [-0.15, -0.1) is 0 Å². The molecule has 0 saturated carbocycles. The largest absolute Gasteiger partial charge is 0.475 e. The summed E-state index contributed by atoms with van der Waals surface area (Å²) in [5.41, 5.74) is 0.0388. The van der Waals surface area contributed by atoms with Gasteiger partial charge in [-0.1, -0.05) is 0 Å². The average Bonchev–Trinajstić information content (AvgIpc) is 2.78. The lowest BCUT2D eigenvalue weighted by Crippen LogP contribution is -2.50. The van der Waals surface area contributed by atoms with Gasteiger partial charge in [0.05, 0.1) is 11.9 Å². The van der Waals surface area contributed by atoms with Crippen LogP contribution in [-0.2, 0) is 6.54 Å². The van der Waals surface area contributed by atoms with Gasteiger partial charge in [-0.2, -0.15) is 0 Å². The summed E-state index contributed by atoms with van der Waals surface area (Å²) in [6.07, 6.45) is 1.42. The van der Waals surface area contributed by atoms with Crippen LogP contribution in [0, 0.1) is 0 Å². The molecule has 0 radical (unpaired) electrons. The summed E-state index contributed by atoms with van der Waals surface area (Å²) < 4.78 is 4.98. The molecule has 1 aromatic rings. The van der Waals surface area contributed by atoms with Crippen LogP contribution in [0.5, 0.6) is 0 Å². The lowest BCUT2D eigenvalue weighted by Gasteiger charge is -2.37. The van der Waals surface area contributed by atoms with Crippen LogP contribution in [0.1, 0.15) is 30.0 Å². The van der Waals surface area contributed by atoms with E-state index in [0.29, 0.717) is 18.7 Å². The first-order valence-electron chi connectivity index (χ1n) is 6.82. The fourth-order valence-electron chi connectivity index (χ4n) is 2.54. The lowest BCUT2D eigenvalue weighted by molar-refractivity contribution is 0.0165. The number of carboxylic acids is 1. The first-order chi connectivity index (χ1) is 9.35. The Labute approximate surface area is 118 Å². The van der Waals surface area contributed by atoms with E-state index in [9.17, 15) is 9.90 Å². The van der Waals surface area contributed by atoms with E-state index in [0.717, 1.165) is 26.2 Å². The van der Waals surface area contributed by atoms with Crippen molar-refractivity contribution < 1.29 is 19.4 Å². The van der Waals surface area contributed by atoms with Crippen molar-refractivity contribution in [1.82, 2.24) is 9.80 Å². The number of aliphatic hydroxyl groups is 1. The minimum atomic E-state index is -1.02. The second-order valence-corrected chi connectivity index (χ2v) is 5.94. The van der Waals surface area contributed by atoms with Crippen molar-refractivity contribution in [2.75, 3.05) is 32.7 Å². The highest BCUT2D eigenvalue weighted by Gasteiger charge is 2.24. The van der Waals surface area contributed by atoms with Gasteiger partial charge in [0, 0.05) is 44.8 Å². The number of carboxylic acid groups (broad SMARTS) is 1. The second kappa shape index (κ2) is 5.95. The number of β-amino-alcohol motifs (C(OH)–C–C–N with tert-alkyl or cyclic N) is 1. The van der Waals surface area contributed by atoms with Crippen LogP contribution in [0.4, 0.5) is 0 Å². The van der Waals surface area contributed by atoms with Crippen molar-refractivity contribution in [2.45, 2.75) is 26.0 Å². The summed E-state index contributed by atoms with van der Waals surface area (Å²) in [6.45, 7) is 8.35. The third kappa shape index (κ3) is 4.06. The molecule has 0 unspecified atom stereocenters. The molecule has 0 aliphatic carbocycles. The standard InChI is InChI=1S/C14H22N2O4/c1-14(2,19)10-16-6-4-15(5-7-16)9-11-3-8-20-12(11)13(17)18/h3,8,19H,4-7,9-10H2,1-2H3,(H,17,18). The maximum atomic E-state index is 11.0. The number of nitrogens with zero attached hydrogens (tertiary/aromatic N) is 2. The Bertz CT molecular complexity index is 456. The maximum absolute atomic E-state index is 11.0.